The number of aromatic nitrogens is 6. The van der Waals surface area contributed by atoms with E-state index in [1.807, 2.05) is 0 Å². The van der Waals surface area contributed by atoms with Gasteiger partial charge in [-0.15, -0.1) is 0 Å². The Bertz CT molecular complexity index is 775. The number of nitrogens with zero attached hydrogens (tertiary/aromatic N) is 6. The average Bonchev–Trinajstić information content (AvgIpc) is 3.03. The van der Waals surface area contributed by atoms with Crippen LogP contribution in [0, 0.1) is 5.82 Å². The minimum atomic E-state index is -0.420. The average molecular weight is 350 g/mol. The summed E-state index contributed by atoms with van der Waals surface area (Å²) in [5.41, 5.74) is 0.268. The molecule has 0 aliphatic heterocycles. The fourth-order valence-corrected chi connectivity index (χ4v) is 2.04. The van der Waals surface area contributed by atoms with Crippen molar-refractivity contribution in [3.63, 3.8) is 0 Å². The summed E-state index contributed by atoms with van der Waals surface area (Å²) in [4.78, 5) is 16.4. The lowest BCUT2D eigenvalue weighted by atomic mass is 10.2. The largest absolute Gasteiger partial charge is 0.357 e. The number of rotatable bonds is 3. The molecule has 0 saturated heterocycles. The molecular formula is C12H9BrFN7. The smallest absolute Gasteiger partial charge is 0.257 e. The molecule has 2 aromatic heterocycles. The molecule has 0 amide bonds. The normalized spacial score (nSPS) is 10.6. The number of hydrogen-bond acceptors (Lipinski definition) is 6. The molecule has 3 rings (SSSR count). The van der Waals surface area contributed by atoms with Gasteiger partial charge in [-0.25, -0.2) is 9.37 Å². The first-order valence-electron chi connectivity index (χ1n) is 5.91. The van der Waals surface area contributed by atoms with E-state index in [1.165, 1.54) is 23.4 Å². The summed E-state index contributed by atoms with van der Waals surface area (Å²) in [5.74, 6) is 0.348. The summed E-state index contributed by atoms with van der Waals surface area (Å²) in [6.45, 7) is 0. The minimum Gasteiger partial charge on any atom is -0.357 e. The van der Waals surface area contributed by atoms with Gasteiger partial charge in [-0.2, -0.15) is 24.7 Å². The van der Waals surface area contributed by atoms with Crippen LogP contribution in [0.1, 0.15) is 0 Å². The van der Waals surface area contributed by atoms with Crippen LogP contribution >= 0.6 is 15.9 Å². The second-order valence-electron chi connectivity index (χ2n) is 4.00. The van der Waals surface area contributed by atoms with E-state index in [1.54, 1.807) is 19.2 Å². The fraction of sp³-hybridized carbons (Fsp3) is 0.0833. The zero-order chi connectivity index (χ0) is 14.8. The van der Waals surface area contributed by atoms with E-state index in [0.29, 0.717) is 5.95 Å². The van der Waals surface area contributed by atoms with Crippen LogP contribution < -0.4 is 5.32 Å². The minimum absolute atomic E-state index is 0.207. The highest BCUT2D eigenvalue weighted by atomic mass is 79.9. The Labute approximate surface area is 127 Å². The van der Waals surface area contributed by atoms with Crippen molar-refractivity contribution in [2.75, 3.05) is 12.4 Å². The second kappa shape index (κ2) is 5.52. The van der Waals surface area contributed by atoms with Crippen molar-refractivity contribution in [3.8, 4) is 17.3 Å². The molecule has 0 aliphatic rings. The predicted molar refractivity (Wildman–Crippen MR) is 77.4 cm³/mol. The molecule has 0 atom stereocenters. The van der Waals surface area contributed by atoms with Gasteiger partial charge in [-0.05, 0) is 18.2 Å². The fourth-order valence-electron chi connectivity index (χ4n) is 1.68. The quantitative estimate of drug-likeness (QED) is 0.779. The molecule has 7 nitrogen and oxygen atoms in total. The maximum atomic E-state index is 14.0. The van der Waals surface area contributed by atoms with Gasteiger partial charge < -0.3 is 5.32 Å². The van der Waals surface area contributed by atoms with Crippen molar-refractivity contribution in [1.82, 2.24) is 29.7 Å². The molecule has 0 spiro atoms. The third-order valence-corrected chi connectivity index (χ3v) is 3.13. The van der Waals surface area contributed by atoms with Crippen LogP contribution in [0.25, 0.3) is 17.3 Å². The van der Waals surface area contributed by atoms with Crippen LogP contribution in [-0.4, -0.2) is 36.8 Å². The van der Waals surface area contributed by atoms with Crippen molar-refractivity contribution in [1.29, 1.82) is 0 Å². The van der Waals surface area contributed by atoms with E-state index in [-0.39, 0.29) is 17.3 Å². The van der Waals surface area contributed by atoms with Gasteiger partial charge >= 0.3 is 0 Å². The summed E-state index contributed by atoms with van der Waals surface area (Å²) >= 11 is 3.31. The Hall–Kier alpha value is -2.42. The van der Waals surface area contributed by atoms with Gasteiger partial charge in [0.2, 0.25) is 5.95 Å². The Balaban J connectivity index is 2.18. The molecule has 0 fully saturated rings. The summed E-state index contributed by atoms with van der Waals surface area (Å²) in [7, 11) is 1.67. The zero-order valence-electron chi connectivity index (χ0n) is 10.8. The maximum Gasteiger partial charge on any atom is 0.257 e. The first-order chi connectivity index (χ1) is 10.2. The predicted octanol–water partition coefficient (Wildman–Crippen LogP) is 2.06. The lowest BCUT2D eigenvalue weighted by Crippen LogP contribution is -2.08. The van der Waals surface area contributed by atoms with Gasteiger partial charge in [-0.3, -0.25) is 0 Å². The number of nitrogens with one attached hydrogen (secondary N) is 1. The SMILES string of the molecule is CNc1nc(-c2cc(Br)ccc2F)nc(-n2cncn2)n1. The third-order valence-electron chi connectivity index (χ3n) is 2.64. The first-order valence-corrected chi connectivity index (χ1v) is 6.71. The Kier molecular flexibility index (Phi) is 3.57. The van der Waals surface area contributed by atoms with Crippen molar-refractivity contribution in [2.45, 2.75) is 0 Å². The maximum absolute atomic E-state index is 14.0. The van der Waals surface area contributed by atoms with Crippen LogP contribution in [0.5, 0.6) is 0 Å². The molecule has 3 aromatic rings. The standard InChI is InChI=1S/C12H9BrFN7/c1-15-11-18-10(8-4-7(13)2-3-9(8)14)19-12(20-11)21-6-16-5-17-21/h2-6H,1H3,(H,15,18,19,20). The molecule has 0 radical (unpaired) electrons. The van der Waals surface area contributed by atoms with Crippen LogP contribution in [0.4, 0.5) is 10.3 Å². The van der Waals surface area contributed by atoms with Crippen LogP contribution in [-0.2, 0) is 0 Å². The number of anilines is 1. The lowest BCUT2D eigenvalue weighted by molar-refractivity contribution is 0.629. The molecule has 0 unspecified atom stereocenters. The van der Waals surface area contributed by atoms with Gasteiger partial charge in [0.25, 0.3) is 5.95 Å². The van der Waals surface area contributed by atoms with Gasteiger partial charge in [-0.1, -0.05) is 15.9 Å². The summed E-state index contributed by atoms with van der Waals surface area (Å²) in [5, 5.41) is 6.77. The molecule has 1 aromatic carbocycles. The van der Waals surface area contributed by atoms with E-state index >= 15 is 0 Å². The third kappa shape index (κ3) is 2.72. The molecule has 106 valence electrons. The molecule has 1 N–H and O–H groups in total. The molecule has 2 heterocycles. The highest BCUT2D eigenvalue weighted by molar-refractivity contribution is 9.10. The highest BCUT2D eigenvalue weighted by Gasteiger charge is 2.13. The first kappa shape index (κ1) is 13.6. The van der Waals surface area contributed by atoms with E-state index in [9.17, 15) is 4.39 Å². The molecule has 0 aliphatic carbocycles. The number of halogens is 2. The Morgan fingerprint density at radius 3 is 2.81 bits per heavy atom. The summed E-state index contributed by atoms with van der Waals surface area (Å²) in [6, 6.07) is 4.56. The molecular weight excluding hydrogens is 341 g/mol. The molecule has 9 heteroatoms. The van der Waals surface area contributed by atoms with Crippen LogP contribution in [0.15, 0.2) is 35.3 Å². The second-order valence-corrected chi connectivity index (χ2v) is 4.91. The summed E-state index contributed by atoms with van der Waals surface area (Å²) < 4.78 is 16.1. The zero-order valence-corrected chi connectivity index (χ0v) is 12.4. The molecule has 0 bridgehead atoms. The van der Waals surface area contributed by atoms with Gasteiger partial charge in [0, 0.05) is 11.5 Å². The number of benzene rings is 1. The Morgan fingerprint density at radius 2 is 2.10 bits per heavy atom. The number of hydrogen-bond donors (Lipinski definition) is 1. The Morgan fingerprint density at radius 1 is 1.24 bits per heavy atom. The van der Waals surface area contributed by atoms with Crippen molar-refractivity contribution in [3.05, 3.63) is 41.1 Å². The van der Waals surface area contributed by atoms with Crippen LogP contribution in [0.2, 0.25) is 0 Å². The van der Waals surface area contributed by atoms with Crippen molar-refractivity contribution in [2.24, 2.45) is 0 Å². The lowest BCUT2D eigenvalue weighted by Gasteiger charge is -2.07. The van der Waals surface area contributed by atoms with Gasteiger partial charge in [0.05, 0.1) is 5.56 Å². The van der Waals surface area contributed by atoms with E-state index in [4.69, 9.17) is 0 Å². The monoisotopic (exact) mass is 349 g/mol. The summed E-state index contributed by atoms with van der Waals surface area (Å²) in [6.07, 6.45) is 2.82. The van der Waals surface area contributed by atoms with Gasteiger partial charge in [0.1, 0.15) is 18.5 Å². The van der Waals surface area contributed by atoms with Crippen LogP contribution in [0.3, 0.4) is 0 Å². The van der Waals surface area contributed by atoms with E-state index in [2.05, 4.69) is 46.3 Å². The van der Waals surface area contributed by atoms with Crippen molar-refractivity contribution < 1.29 is 4.39 Å². The van der Waals surface area contributed by atoms with Crippen molar-refractivity contribution >= 4 is 21.9 Å². The molecule has 0 saturated carbocycles. The topological polar surface area (TPSA) is 81.4 Å². The molecule has 21 heavy (non-hydrogen) atoms. The van der Waals surface area contributed by atoms with E-state index in [0.717, 1.165) is 4.47 Å². The van der Waals surface area contributed by atoms with E-state index < -0.39 is 5.82 Å². The highest BCUT2D eigenvalue weighted by Crippen LogP contribution is 2.24. The van der Waals surface area contributed by atoms with Gasteiger partial charge in [0.15, 0.2) is 5.82 Å².